The van der Waals surface area contributed by atoms with Crippen LogP contribution in [0.1, 0.15) is 22.4 Å². The van der Waals surface area contributed by atoms with Gasteiger partial charge in [0.15, 0.2) is 5.82 Å². The molecule has 1 N–H and O–H groups in total. The molecule has 0 atom stereocenters. The van der Waals surface area contributed by atoms with Crippen molar-refractivity contribution >= 4 is 37.6 Å². The molecule has 4 rings (SSSR count). The monoisotopic (exact) mass is 364 g/mol. The molecule has 0 saturated carbocycles. The average Bonchev–Trinajstić information content (AvgIpc) is 3.11. The standard InChI is InChI=1S/C20H17FN4S/c1-5-14-7-6-13(9-15(14)21)10-22-19-18-17(25(4)24-19)16-11(2)8-12(3)23-20(16)26-18/h1,6-9H,10H2,2-4H3,(H,22,24). The second kappa shape index (κ2) is 6.11. The summed E-state index contributed by atoms with van der Waals surface area (Å²) >= 11 is 1.62. The molecule has 0 unspecified atom stereocenters. The number of fused-ring (bicyclic) bond motifs is 3. The molecule has 3 aromatic heterocycles. The highest BCUT2D eigenvalue weighted by atomic mass is 32.1. The highest BCUT2D eigenvalue weighted by Crippen LogP contribution is 2.38. The first-order chi connectivity index (χ1) is 12.5. The number of aromatic nitrogens is 3. The predicted molar refractivity (Wildman–Crippen MR) is 105 cm³/mol. The molecule has 0 amide bonds. The van der Waals surface area contributed by atoms with Gasteiger partial charge in [0.25, 0.3) is 0 Å². The number of thiophene rings is 1. The van der Waals surface area contributed by atoms with E-state index in [1.165, 1.54) is 11.6 Å². The SMILES string of the molecule is C#Cc1ccc(CNc2nn(C)c3c2sc2nc(C)cc(C)c23)cc1F. The Morgan fingerprint density at radius 3 is 2.85 bits per heavy atom. The van der Waals surface area contributed by atoms with Crippen molar-refractivity contribution in [2.45, 2.75) is 20.4 Å². The molecular formula is C20H17FN4S. The number of anilines is 1. The van der Waals surface area contributed by atoms with E-state index < -0.39 is 0 Å². The third-order valence-corrected chi connectivity index (χ3v) is 5.48. The summed E-state index contributed by atoms with van der Waals surface area (Å²) in [6, 6.07) is 6.99. The van der Waals surface area contributed by atoms with Gasteiger partial charge in [-0.15, -0.1) is 17.8 Å². The second-order valence-corrected chi connectivity index (χ2v) is 7.32. The minimum Gasteiger partial charge on any atom is -0.363 e. The van der Waals surface area contributed by atoms with Crippen molar-refractivity contribution in [1.29, 1.82) is 0 Å². The number of hydrogen-bond acceptors (Lipinski definition) is 4. The van der Waals surface area contributed by atoms with Gasteiger partial charge in [-0.2, -0.15) is 5.10 Å². The Bertz CT molecular complexity index is 1200. The van der Waals surface area contributed by atoms with E-state index in [1.54, 1.807) is 17.4 Å². The Kier molecular flexibility index (Phi) is 3.89. The van der Waals surface area contributed by atoms with Crippen LogP contribution in [0.15, 0.2) is 24.3 Å². The summed E-state index contributed by atoms with van der Waals surface area (Å²) in [5.74, 6) is 2.73. The number of rotatable bonds is 3. The average molecular weight is 364 g/mol. The maximum absolute atomic E-state index is 13.9. The molecule has 0 aliphatic rings. The molecular weight excluding hydrogens is 347 g/mol. The molecule has 0 saturated heterocycles. The molecule has 1 aromatic carbocycles. The summed E-state index contributed by atoms with van der Waals surface area (Å²) in [4.78, 5) is 5.67. The minimum absolute atomic E-state index is 0.274. The Labute approximate surface area is 154 Å². The van der Waals surface area contributed by atoms with Crippen LogP contribution in [0.3, 0.4) is 0 Å². The third kappa shape index (κ3) is 2.61. The predicted octanol–water partition coefficient (Wildman–Crippen LogP) is 4.53. The van der Waals surface area contributed by atoms with Crippen molar-refractivity contribution < 1.29 is 4.39 Å². The van der Waals surface area contributed by atoms with Crippen LogP contribution >= 0.6 is 11.3 Å². The Morgan fingerprint density at radius 2 is 2.12 bits per heavy atom. The van der Waals surface area contributed by atoms with Gasteiger partial charge in [0.05, 0.1) is 15.8 Å². The lowest BCUT2D eigenvalue weighted by Gasteiger charge is -2.04. The van der Waals surface area contributed by atoms with Gasteiger partial charge in [-0.3, -0.25) is 4.68 Å². The molecule has 3 heterocycles. The summed E-state index contributed by atoms with van der Waals surface area (Å²) in [5, 5.41) is 9.06. The van der Waals surface area contributed by atoms with Crippen LogP contribution in [0, 0.1) is 32.0 Å². The van der Waals surface area contributed by atoms with Crippen molar-refractivity contribution in [3.8, 4) is 12.3 Å². The number of hydrogen-bond donors (Lipinski definition) is 1. The summed E-state index contributed by atoms with van der Waals surface area (Å²) in [7, 11) is 1.93. The van der Waals surface area contributed by atoms with Gasteiger partial charge in [-0.1, -0.05) is 12.0 Å². The van der Waals surface area contributed by atoms with Gasteiger partial charge in [-0.05, 0) is 43.2 Å². The minimum atomic E-state index is -0.380. The fourth-order valence-corrected chi connectivity index (χ4v) is 4.51. The highest BCUT2D eigenvalue weighted by molar-refractivity contribution is 7.26. The number of nitrogens with zero attached hydrogens (tertiary/aromatic N) is 3. The van der Waals surface area contributed by atoms with Gasteiger partial charge >= 0.3 is 0 Å². The van der Waals surface area contributed by atoms with Gasteiger partial charge in [0.1, 0.15) is 10.6 Å². The molecule has 0 radical (unpaired) electrons. The first-order valence-corrected chi connectivity index (χ1v) is 9.02. The molecule has 0 aliphatic heterocycles. The van der Waals surface area contributed by atoms with Crippen LogP contribution in [0.4, 0.5) is 10.2 Å². The van der Waals surface area contributed by atoms with Gasteiger partial charge < -0.3 is 5.32 Å². The summed E-state index contributed by atoms with van der Waals surface area (Å²) < 4.78 is 16.8. The lowest BCUT2D eigenvalue weighted by molar-refractivity contribution is 0.622. The maximum atomic E-state index is 13.9. The highest BCUT2D eigenvalue weighted by Gasteiger charge is 2.18. The molecule has 0 spiro atoms. The zero-order valence-electron chi connectivity index (χ0n) is 14.7. The van der Waals surface area contributed by atoms with Crippen molar-refractivity contribution in [3.05, 3.63) is 52.5 Å². The van der Waals surface area contributed by atoms with E-state index >= 15 is 0 Å². The zero-order valence-corrected chi connectivity index (χ0v) is 15.5. The molecule has 0 bridgehead atoms. The Hall–Kier alpha value is -2.91. The van der Waals surface area contributed by atoms with Crippen molar-refractivity contribution in [2.75, 3.05) is 5.32 Å². The van der Waals surface area contributed by atoms with Crippen LogP contribution in [0.5, 0.6) is 0 Å². The summed E-state index contributed by atoms with van der Waals surface area (Å²) in [5.41, 5.74) is 4.36. The number of terminal acetylenes is 1. The fraction of sp³-hybridized carbons (Fsp3) is 0.200. The van der Waals surface area contributed by atoms with Crippen LogP contribution < -0.4 is 5.32 Å². The van der Waals surface area contributed by atoms with Crippen molar-refractivity contribution in [1.82, 2.24) is 14.8 Å². The normalized spacial score (nSPS) is 11.2. The van der Waals surface area contributed by atoms with Crippen LogP contribution in [0.25, 0.3) is 20.4 Å². The number of aryl methyl sites for hydroxylation is 3. The first kappa shape index (κ1) is 16.6. The van der Waals surface area contributed by atoms with E-state index in [-0.39, 0.29) is 11.4 Å². The number of halogens is 1. The lowest BCUT2D eigenvalue weighted by Crippen LogP contribution is -2.02. The van der Waals surface area contributed by atoms with Gasteiger partial charge in [0.2, 0.25) is 0 Å². The van der Waals surface area contributed by atoms with E-state index in [4.69, 9.17) is 6.42 Å². The molecule has 0 fully saturated rings. The Morgan fingerprint density at radius 1 is 1.31 bits per heavy atom. The molecule has 26 heavy (non-hydrogen) atoms. The lowest BCUT2D eigenvalue weighted by atomic mass is 10.1. The van der Waals surface area contributed by atoms with E-state index in [2.05, 4.69) is 34.3 Å². The third-order valence-electron chi connectivity index (χ3n) is 4.40. The summed E-state index contributed by atoms with van der Waals surface area (Å²) in [6.45, 7) is 4.56. The van der Waals surface area contributed by atoms with Crippen LogP contribution in [0.2, 0.25) is 0 Å². The largest absolute Gasteiger partial charge is 0.363 e. The van der Waals surface area contributed by atoms with Crippen molar-refractivity contribution in [2.24, 2.45) is 7.05 Å². The molecule has 4 aromatic rings. The molecule has 130 valence electrons. The molecule has 4 nitrogen and oxygen atoms in total. The van der Waals surface area contributed by atoms with Crippen molar-refractivity contribution in [3.63, 3.8) is 0 Å². The molecule has 0 aliphatic carbocycles. The second-order valence-electron chi connectivity index (χ2n) is 6.32. The van der Waals surface area contributed by atoms with E-state index in [0.29, 0.717) is 6.54 Å². The van der Waals surface area contributed by atoms with Gasteiger partial charge in [-0.25, -0.2) is 9.37 Å². The van der Waals surface area contributed by atoms with E-state index in [0.717, 1.165) is 37.5 Å². The number of pyridine rings is 1. The number of benzene rings is 1. The summed E-state index contributed by atoms with van der Waals surface area (Å²) in [6.07, 6.45) is 5.27. The van der Waals surface area contributed by atoms with Crippen LogP contribution in [-0.4, -0.2) is 14.8 Å². The first-order valence-electron chi connectivity index (χ1n) is 8.20. The maximum Gasteiger partial charge on any atom is 0.166 e. The van der Waals surface area contributed by atoms with Crippen LogP contribution in [-0.2, 0) is 13.6 Å². The quantitative estimate of drug-likeness (QED) is 0.543. The van der Waals surface area contributed by atoms with E-state index in [1.807, 2.05) is 24.7 Å². The van der Waals surface area contributed by atoms with Gasteiger partial charge in [0, 0.05) is 24.7 Å². The smallest absolute Gasteiger partial charge is 0.166 e. The topological polar surface area (TPSA) is 42.7 Å². The fourth-order valence-electron chi connectivity index (χ4n) is 3.22. The molecule has 6 heteroatoms. The number of nitrogens with one attached hydrogen (secondary N) is 1. The Balaban J connectivity index is 1.72. The zero-order chi connectivity index (χ0) is 18.4. The van der Waals surface area contributed by atoms with E-state index in [9.17, 15) is 4.39 Å².